The highest BCUT2D eigenvalue weighted by Crippen LogP contribution is 2.27. The van der Waals surface area contributed by atoms with Crippen LogP contribution in [-0.2, 0) is 25.4 Å². The van der Waals surface area contributed by atoms with Crippen molar-refractivity contribution in [3.05, 3.63) is 35.9 Å². The Hall–Kier alpha value is -1.93. The molecule has 0 aromatic heterocycles. The first-order valence-corrected chi connectivity index (χ1v) is 11.0. The quantitative estimate of drug-likeness (QED) is 0.763. The van der Waals surface area contributed by atoms with Gasteiger partial charge in [-0.05, 0) is 37.7 Å². The monoisotopic (exact) mass is 394 g/mol. The van der Waals surface area contributed by atoms with Crippen molar-refractivity contribution in [3.63, 3.8) is 0 Å². The SMILES string of the molecule is O=C(N[C@H]1CC[C@@H](C(=O)O)C1)C1CCCN(S(=O)(=O)Cc2ccccc2)C1. The highest BCUT2D eigenvalue weighted by molar-refractivity contribution is 7.88. The molecule has 148 valence electrons. The van der Waals surface area contributed by atoms with Crippen LogP contribution in [0.3, 0.4) is 0 Å². The minimum Gasteiger partial charge on any atom is -0.481 e. The number of rotatable bonds is 6. The summed E-state index contributed by atoms with van der Waals surface area (Å²) in [5, 5.41) is 12.0. The fourth-order valence-corrected chi connectivity index (χ4v) is 5.55. The van der Waals surface area contributed by atoms with E-state index in [1.807, 2.05) is 18.2 Å². The van der Waals surface area contributed by atoms with Gasteiger partial charge in [0.25, 0.3) is 0 Å². The van der Waals surface area contributed by atoms with E-state index in [0.717, 1.165) is 5.56 Å². The molecule has 0 radical (unpaired) electrons. The van der Waals surface area contributed by atoms with Crippen LogP contribution in [0.25, 0.3) is 0 Å². The molecule has 2 fully saturated rings. The molecule has 0 spiro atoms. The molecule has 1 unspecified atom stereocenters. The molecule has 8 heteroatoms. The summed E-state index contributed by atoms with van der Waals surface area (Å²) in [4.78, 5) is 23.6. The van der Waals surface area contributed by atoms with Crippen molar-refractivity contribution in [1.82, 2.24) is 9.62 Å². The zero-order valence-corrected chi connectivity index (χ0v) is 16.0. The van der Waals surface area contributed by atoms with Gasteiger partial charge in [-0.3, -0.25) is 9.59 Å². The summed E-state index contributed by atoms with van der Waals surface area (Å²) in [6.45, 7) is 0.625. The maximum Gasteiger partial charge on any atom is 0.306 e. The van der Waals surface area contributed by atoms with Gasteiger partial charge in [-0.1, -0.05) is 30.3 Å². The first-order valence-electron chi connectivity index (χ1n) is 9.40. The van der Waals surface area contributed by atoms with Crippen LogP contribution in [0.15, 0.2) is 30.3 Å². The van der Waals surface area contributed by atoms with Gasteiger partial charge in [0.1, 0.15) is 0 Å². The Kier molecular flexibility index (Phi) is 6.16. The molecule has 27 heavy (non-hydrogen) atoms. The second kappa shape index (κ2) is 8.39. The van der Waals surface area contributed by atoms with Crippen LogP contribution in [0.4, 0.5) is 0 Å². The zero-order chi connectivity index (χ0) is 19.4. The van der Waals surface area contributed by atoms with Crippen LogP contribution < -0.4 is 5.32 Å². The predicted octanol–water partition coefficient (Wildman–Crippen LogP) is 1.60. The molecule has 1 aromatic carbocycles. The van der Waals surface area contributed by atoms with Crippen molar-refractivity contribution in [2.75, 3.05) is 13.1 Å². The smallest absolute Gasteiger partial charge is 0.306 e. The summed E-state index contributed by atoms with van der Waals surface area (Å²) in [6.07, 6.45) is 2.98. The van der Waals surface area contributed by atoms with Crippen molar-refractivity contribution in [2.45, 2.75) is 43.9 Å². The Morgan fingerprint density at radius 1 is 1.11 bits per heavy atom. The van der Waals surface area contributed by atoms with Crippen LogP contribution in [0, 0.1) is 11.8 Å². The van der Waals surface area contributed by atoms with E-state index in [2.05, 4.69) is 5.32 Å². The summed E-state index contributed by atoms with van der Waals surface area (Å²) in [5.41, 5.74) is 0.731. The maximum atomic E-state index is 12.7. The third-order valence-electron chi connectivity index (χ3n) is 5.47. The number of hydrogen-bond acceptors (Lipinski definition) is 4. The molecule has 1 aliphatic heterocycles. The number of benzene rings is 1. The molecule has 1 saturated carbocycles. The molecule has 1 aliphatic carbocycles. The Labute approximate surface area is 159 Å². The lowest BCUT2D eigenvalue weighted by atomic mass is 9.98. The fraction of sp³-hybridized carbons (Fsp3) is 0.579. The summed E-state index contributed by atoms with van der Waals surface area (Å²) >= 11 is 0. The molecule has 3 atom stereocenters. The number of carbonyl (C=O) groups is 2. The van der Waals surface area contributed by atoms with E-state index in [-0.39, 0.29) is 30.2 Å². The summed E-state index contributed by atoms with van der Waals surface area (Å²) in [6, 6.07) is 8.90. The minimum atomic E-state index is -3.47. The second-order valence-corrected chi connectivity index (χ2v) is 9.46. The van der Waals surface area contributed by atoms with E-state index in [4.69, 9.17) is 5.11 Å². The van der Waals surface area contributed by atoms with Gasteiger partial charge in [-0.15, -0.1) is 0 Å². The molecule has 3 rings (SSSR count). The number of carboxylic acid groups (broad SMARTS) is 1. The van der Waals surface area contributed by atoms with Crippen molar-refractivity contribution in [3.8, 4) is 0 Å². The van der Waals surface area contributed by atoms with Crippen LogP contribution in [0.5, 0.6) is 0 Å². The molecular weight excluding hydrogens is 368 g/mol. The predicted molar refractivity (Wildman–Crippen MR) is 100 cm³/mol. The lowest BCUT2D eigenvalue weighted by Gasteiger charge is -2.32. The normalized spacial score (nSPS) is 26.6. The van der Waals surface area contributed by atoms with Crippen molar-refractivity contribution < 1.29 is 23.1 Å². The third kappa shape index (κ3) is 5.07. The summed E-state index contributed by atoms with van der Waals surface area (Å²) in [7, 11) is -3.47. The van der Waals surface area contributed by atoms with Crippen LogP contribution in [0.1, 0.15) is 37.7 Å². The van der Waals surface area contributed by atoms with Crippen LogP contribution in [0.2, 0.25) is 0 Å². The van der Waals surface area contributed by atoms with E-state index in [1.165, 1.54) is 4.31 Å². The number of nitrogens with zero attached hydrogens (tertiary/aromatic N) is 1. The van der Waals surface area contributed by atoms with Gasteiger partial charge in [-0.2, -0.15) is 0 Å². The molecular formula is C19H26N2O5S. The number of carbonyl (C=O) groups excluding carboxylic acids is 1. The van der Waals surface area contributed by atoms with Crippen LogP contribution in [-0.4, -0.2) is 48.8 Å². The minimum absolute atomic E-state index is 0.0644. The molecule has 7 nitrogen and oxygen atoms in total. The fourth-order valence-electron chi connectivity index (χ4n) is 3.94. The van der Waals surface area contributed by atoms with Gasteiger partial charge < -0.3 is 10.4 Å². The average molecular weight is 394 g/mol. The van der Waals surface area contributed by atoms with E-state index in [9.17, 15) is 18.0 Å². The van der Waals surface area contributed by atoms with Crippen molar-refractivity contribution in [2.24, 2.45) is 11.8 Å². The molecule has 1 amide bonds. The lowest BCUT2D eigenvalue weighted by molar-refractivity contribution is -0.141. The molecule has 1 heterocycles. The summed E-state index contributed by atoms with van der Waals surface area (Å²) in [5.74, 6) is -1.82. The van der Waals surface area contributed by atoms with Gasteiger partial charge >= 0.3 is 5.97 Å². The molecule has 2 aliphatic rings. The second-order valence-electron chi connectivity index (χ2n) is 7.49. The Morgan fingerprint density at radius 2 is 1.85 bits per heavy atom. The Balaban J connectivity index is 1.57. The van der Waals surface area contributed by atoms with Gasteiger partial charge in [0.05, 0.1) is 17.6 Å². The number of sulfonamides is 1. The highest BCUT2D eigenvalue weighted by Gasteiger charge is 2.35. The number of amides is 1. The number of aliphatic carboxylic acids is 1. The summed E-state index contributed by atoms with van der Waals surface area (Å²) < 4.78 is 26.8. The Bertz CT molecular complexity index is 781. The van der Waals surface area contributed by atoms with E-state index < -0.39 is 21.9 Å². The molecule has 1 saturated heterocycles. The standard InChI is InChI=1S/C19H26N2O5S/c22-18(20-17-9-8-15(11-17)19(23)24)16-7-4-10-21(12-16)27(25,26)13-14-5-2-1-3-6-14/h1-3,5-6,15-17H,4,7-13H2,(H,20,22)(H,23,24)/t15-,16?,17+/m1/s1. The van der Waals surface area contributed by atoms with E-state index >= 15 is 0 Å². The zero-order valence-electron chi connectivity index (χ0n) is 15.2. The van der Waals surface area contributed by atoms with Crippen molar-refractivity contribution >= 4 is 21.9 Å². The van der Waals surface area contributed by atoms with Crippen molar-refractivity contribution in [1.29, 1.82) is 0 Å². The maximum absolute atomic E-state index is 12.7. The van der Waals surface area contributed by atoms with Gasteiger partial charge in [-0.25, -0.2) is 12.7 Å². The number of carboxylic acids is 1. The third-order valence-corrected chi connectivity index (χ3v) is 7.29. The lowest BCUT2D eigenvalue weighted by Crippen LogP contribution is -2.47. The highest BCUT2D eigenvalue weighted by atomic mass is 32.2. The first kappa shape index (κ1) is 19.8. The number of nitrogens with one attached hydrogen (secondary N) is 1. The number of piperidine rings is 1. The van der Waals surface area contributed by atoms with E-state index in [0.29, 0.717) is 38.6 Å². The largest absolute Gasteiger partial charge is 0.481 e. The molecule has 1 aromatic rings. The number of hydrogen-bond donors (Lipinski definition) is 2. The topological polar surface area (TPSA) is 104 Å². The van der Waals surface area contributed by atoms with Gasteiger partial charge in [0.15, 0.2) is 0 Å². The first-order chi connectivity index (χ1) is 12.8. The average Bonchev–Trinajstić information content (AvgIpc) is 3.11. The van der Waals surface area contributed by atoms with E-state index in [1.54, 1.807) is 12.1 Å². The molecule has 0 bridgehead atoms. The molecule has 2 N–H and O–H groups in total. The Morgan fingerprint density at radius 3 is 2.52 bits per heavy atom. The van der Waals surface area contributed by atoms with Gasteiger partial charge in [0.2, 0.25) is 15.9 Å². The van der Waals surface area contributed by atoms with Crippen LogP contribution >= 0.6 is 0 Å². The van der Waals surface area contributed by atoms with Gasteiger partial charge in [0, 0.05) is 19.1 Å².